The largest absolute Gasteiger partial charge is 0.492 e. The van der Waals surface area contributed by atoms with Gasteiger partial charge in [0.2, 0.25) is 5.95 Å². The van der Waals surface area contributed by atoms with Crippen molar-refractivity contribution >= 4 is 11.9 Å². The molecule has 234 valence electrons. The van der Waals surface area contributed by atoms with Crippen LogP contribution < -0.4 is 9.64 Å². The maximum Gasteiger partial charge on any atom is 0.257 e. The summed E-state index contributed by atoms with van der Waals surface area (Å²) in [6.45, 7) is 11.0. The van der Waals surface area contributed by atoms with Crippen molar-refractivity contribution in [1.82, 2.24) is 24.8 Å². The number of carbonyl (C=O) groups is 1. The Kier molecular flexibility index (Phi) is 9.75. The number of anilines is 1. The first kappa shape index (κ1) is 30.5. The van der Waals surface area contributed by atoms with Crippen molar-refractivity contribution in [2.45, 2.75) is 71.8 Å². The Bertz CT molecular complexity index is 1380. The number of pyridine rings is 1. The molecule has 0 bridgehead atoms. The number of carbonyl (C=O) groups excluding carboxylic acids is 1. The van der Waals surface area contributed by atoms with E-state index in [0.29, 0.717) is 12.2 Å². The van der Waals surface area contributed by atoms with Crippen molar-refractivity contribution in [3.63, 3.8) is 0 Å². The maximum absolute atomic E-state index is 13.7. The van der Waals surface area contributed by atoms with E-state index >= 15 is 0 Å². The maximum atomic E-state index is 13.7. The molecule has 0 unspecified atom stereocenters. The van der Waals surface area contributed by atoms with Crippen LogP contribution in [0.25, 0.3) is 0 Å². The molecule has 5 heterocycles. The number of fused-ring (bicyclic) bond motifs is 1. The number of rotatable bonds is 4. The average Bonchev–Trinajstić information content (AvgIpc) is 3.04. The summed E-state index contributed by atoms with van der Waals surface area (Å²) in [5.41, 5.74) is 3.97. The van der Waals surface area contributed by atoms with Gasteiger partial charge in [-0.1, -0.05) is 37.6 Å². The van der Waals surface area contributed by atoms with E-state index < -0.39 is 0 Å². The fourth-order valence-electron chi connectivity index (χ4n) is 7.23. The lowest BCUT2D eigenvalue weighted by molar-refractivity contribution is 0.0357. The lowest BCUT2D eigenvalue weighted by atomic mass is 9.73. The molecule has 1 aromatic carbocycles. The molecule has 1 amide bonds. The van der Waals surface area contributed by atoms with Crippen molar-refractivity contribution in [2.24, 2.45) is 11.3 Å². The Hall–Kier alpha value is -3.52. The predicted octanol–water partition coefficient (Wildman–Crippen LogP) is 5.95. The normalized spacial score (nSPS) is 20.3. The SMILES string of the molecule is Cc1nc(N2CCC(C)CC2)ncc1C(=O)N1CCC2(CCCCc3ccccc3OCCN(Cc3ccccn3)C2)CC1. The van der Waals surface area contributed by atoms with Gasteiger partial charge in [-0.2, -0.15) is 0 Å². The van der Waals surface area contributed by atoms with E-state index in [1.54, 1.807) is 6.20 Å². The number of para-hydroxylation sites is 1. The molecule has 6 rings (SSSR count). The van der Waals surface area contributed by atoms with Crippen LogP contribution in [0.4, 0.5) is 5.95 Å². The number of ether oxygens (including phenoxy) is 1. The van der Waals surface area contributed by atoms with E-state index in [1.165, 1.54) is 18.4 Å². The summed E-state index contributed by atoms with van der Waals surface area (Å²) in [4.78, 5) is 34.7. The molecule has 0 saturated carbocycles. The molecule has 3 aliphatic heterocycles. The highest BCUT2D eigenvalue weighted by Gasteiger charge is 2.38. The van der Waals surface area contributed by atoms with Crippen molar-refractivity contribution in [1.29, 1.82) is 0 Å². The summed E-state index contributed by atoms with van der Waals surface area (Å²) < 4.78 is 6.33. The monoisotopic (exact) mass is 596 g/mol. The van der Waals surface area contributed by atoms with E-state index in [0.717, 1.165) is 113 Å². The second-order valence-corrected chi connectivity index (χ2v) is 13.3. The van der Waals surface area contributed by atoms with Gasteiger partial charge >= 0.3 is 0 Å². The molecule has 8 nitrogen and oxygen atoms in total. The van der Waals surface area contributed by atoms with E-state index in [1.807, 2.05) is 24.1 Å². The Morgan fingerprint density at radius 1 is 0.955 bits per heavy atom. The molecule has 44 heavy (non-hydrogen) atoms. The Balaban J connectivity index is 1.14. The molecule has 8 heteroatoms. The fourth-order valence-corrected chi connectivity index (χ4v) is 7.23. The Labute approximate surface area is 262 Å². The van der Waals surface area contributed by atoms with E-state index in [4.69, 9.17) is 9.72 Å². The molecule has 2 saturated heterocycles. The van der Waals surface area contributed by atoms with Crippen LogP contribution in [0, 0.1) is 18.3 Å². The first-order valence-electron chi connectivity index (χ1n) is 16.7. The van der Waals surface area contributed by atoms with Gasteiger partial charge in [-0.3, -0.25) is 14.7 Å². The second-order valence-electron chi connectivity index (χ2n) is 13.3. The summed E-state index contributed by atoms with van der Waals surface area (Å²) in [6, 6.07) is 14.6. The Morgan fingerprint density at radius 3 is 2.52 bits per heavy atom. The van der Waals surface area contributed by atoms with E-state index in [-0.39, 0.29) is 11.3 Å². The topological polar surface area (TPSA) is 74.7 Å². The summed E-state index contributed by atoms with van der Waals surface area (Å²) in [7, 11) is 0. The number of hydrogen-bond donors (Lipinski definition) is 0. The molecule has 1 spiro atoms. The van der Waals surface area contributed by atoms with Gasteiger partial charge in [-0.15, -0.1) is 0 Å². The molecule has 3 aliphatic rings. The van der Waals surface area contributed by atoms with Gasteiger partial charge in [0.1, 0.15) is 12.4 Å². The number of hydrogen-bond acceptors (Lipinski definition) is 7. The molecular weight excluding hydrogens is 548 g/mol. The van der Waals surface area contributed by atoms with Gasteiger partial charge in [0.25, 0.3) is 5.91 Å². The van der Waals surface area contributed by atoms with Crippen molar-refractivity contribution < 1.29 is 9.53 Å². The number of nitrogens with zero attached hydrogens (tertiary/aromatic N) is 6. The minimum atomic E-state index is 0.0691. The number of benzene rings is 1. The van der Waals surface area contributed by atoms with Gasteiger partial charge in [-0.25, -0.2) is 9.97 Å². The van der Waals surface area contributed by atoms with E-state index in [2.05, 4.69) is 63.1 Å². The minimum absolute atomic E-state index is 0.0691. The highest BCUT2D eigenvalue weighted by atomic mass is 16.5. The van der Waals surface area contributed by atoms with Crippen LogP contribution in [0.5, 0.6) is 5.75 Å². The van der Waals surface area contributed by atoms with Crippen LogP contribution >= 0.6 is 0 Å². The number of aromatic nitrogens is 3. The number of amides is 1. The first-order chi connectivity index (χ1) is 21.5. The molecule has 0 aliphatic carbocycles. The van der Waals surface area contributed by atoms with Gasteiger partial charge < -0.3 is 14.5 Å². The summed E-state index contributed by atoms with van der Waals surface area (Å²) in [6.07, 6.45) is 12.5. The lowest BCUT2D eigenvalue weighted by Crippen LogP contribution is -2.48. The van der Waals surface area contributed by atoms with Gasteiger partial charge in [0.15, 0.2) is 0 Å². The summed E-state index contributed by atoms with van der Waals surface area (Å²) in [5, 5.41) is 0. The molecule has 2 aromatic heterocycles. The lowest BCUT2D eigenvalue weighted by Gasteiger charge is -2.45. The second kappa shape index (κ2) is 14.1. The van der Waals surface area contributed by atoms with Crippen LogP contribution in [-0.4, -0.2) is 76.5 Å². The quantitative estimate of drug-likeness (QED) is 0.369. The van der Waals surface area contributed by atoms with Crippen LogP contribution in [0.2, 0.25) is 0 Å². The molecule has 0 N–H and O–H groups in total. The zero-order chi connectivity index (χ0) is 30.4. The molecule has 2 fully saturated rings. The van der Waals surface area contributed by atoms with Crippen molar-refractivity contribution in [2.75, 3.05) is 50.8 Å². The standard InChI is InChI=1S/C36H48N6O2/c1-28-13-19-42(20-14-28)35-38-25-32(29(2)39-35)34(43)41-21-16-36(17-22-41)15-7-5-10-30-9-3-4-12-33(30)44-24-23-40(27-36)26-31-11-6-8-18-37-31/h3-4,6,8-9,11-12,18,25,28H,5,7,10,13-17,19-24,26-27H2,1-2H3. The van der Waals surface area contributed by atoms with E-state index in [9.17, 15) is 4.79 Å². The minimum Gasteiger partial charge on any atom is -0.492 e. The van der Waals surface area contributed by atoms with Gasteiger partial charge in [-0.05, 0) is 87.0 Å². The number of aryl methyl sites for hydroxylation is 2. The molecule has 0 radical (unpaired) electrons. The smallest absolute Gasteiger partial charge is 0.257 e. The fraction of sp³-hybridized carbons (Fsp3) is 0.556. The zero-order valence-corrected chi connectivity index (χ0v) is 26.6. The average molecular weight is 597 g/mol. The van der Waals surface area contributed by atoms with Crippen molar-refractivity contribution in [3.8, 4) is 5.75 Å². The van der Waals surface area contributed by atoms with Crippen LogP contribution in [0.15, 0.2) is 54.9 Å². The first-order valence-corrected chi connectivity index (χ1v) is 16.7. The third-order valence-electron chi connectivity index (χ3n) is 10.1. The number of piperidine rings is 2. The van der Waals surface area contributed by atoms with Crippen LogP contribution in [0.1, 0.15) is 79.2 Å². The third kappa shape index (κ3) is 7.40. The highest BCUT2D eigenvalue weighted by Crippen LogP contribution is 2.39. The van der Waals surface area contributed by atoms with Gasteiger partial charge in [0, 0.05) is 58.2 Å². The zero-order valence-electron chi connectivity index (χ0n) is 26.6. The predicted molar refractivity (Wildman–Crippen MR) is 174 cm³/mol. The number of likely N-dealkylation sites (tertiary alicyclic amines) is 1. The third-order valence-corrected chi connectivity index (χ3v) is 10.1. The van der Waals surface area contributed by atoms with Gasteiger partial charge in [0.05, 0.1) is 17.0 Å². The Morgan fingerprint density at radius 2 is 1.75 bits per heavy atom. The molecule has 3 aromatic rings. The summed E-state index contributed by atoms with van der Waals surface area (Å²) >= 11 is 0. The van der Waals surface area contributed by atoms with Crippen LogP contribution in [0.3, 0.4) is 0 Å². The van der Waals surface area contributed by atoms with Crippen LogP contribution in [-0.2, 0) is 13.0 Å². The summed E-state index contributed by atoms with van der Waals surface area (Å²) in [5.74, 6) is 2.60. The molecular formula is C36H48N6O2. The highest BCUT2D eigenvalue weighted by molar-refractivity contribution is 5.95. The molecule has 0 atom stereocenters. The van der Waals surface area contributed by atoms with Crippen molar-refractivity contribution in [3.05, 3.63) is 77.4 Å².